The lowest BCUT2D eigenvalue weighted by Crippen LogP contribution is -2.39. The maximum atomic E-state index is 13.9. The van der Waals surface area contributed by atoms with Crippen molar-refractivity contribution in [1.82, 2.24) is 10.6 Å². The van der Waals surface area contributed by atoms with E-state index in [0.29, 0.717) is 23.6 Å². The van der Waals surface area contributed by atoms with E-state index in [1.807, 2.05) is 6.92 Å². The molecular weight excluding hydrogens is 331 g/mol. The van der Waals surface area contributed by atoms with Gasteiger partial charge in [-0.1, -0.05) is 12.1 Å². The fourth-order valence-corrected chi connectivity index (χ4v) is 2.27. The summed E-state index contributed by atoms with van der Waals surface area (Å²) < 4.78 is 40.2. The van der Waals surface area contributed by atoms with Crippen molar-refractivity contribution in [2.75, 3.05) is 6.54 Å². The molecule has 134 valence electrons. The highest BCUT2D eigenvalue weighted by Crippen LogP contribution is 2.18. The molecule has 0 aliphatic rings. The third-order valence-electron chi connectivity index (χ3n) is 3.56. The molecule has 3 N–H and O–H groups in total. The van der Waals surface area contributed by atoms with Crippen LogP contribution in [0.3, 0.4) is 0 Å². The molecule has 2 aromatic rings. The van der Waals surface area contributed by atoms with Gasteiger partial charge in [0.1, 0.15) is 11.6 Å². The van der Waals surface area contributed by atoms with Crippen molar-refractivity contribution in [2.24, 2.45) is 4.99 Å². The quantitative estimate of drug-likeness (QED) is 0.570. The van der Waals surface area contributed by atoms with Gasteiger partial charge in [-0.25, -0.2) is 18.2 Å². The van der Waals surface area contributed by atoms with Crippen LogP contribution >= 0.6 is 0 Å². The van der Waals surface area contributed by atoms with Crippen molar-refractivity contribution in [3.63, 3.8) is 0 Å². The van der Waals surface area contributed by atoms with Gasteiger partial charge in [-0.3, -0.25) is 0 Å². The molecule has 7 heteroatoms. The Labute approximate surface area is 144 Å². The smallest absolute Gasteiger partial charge is 0.192 e. The molecule has 2 rings (SSSR count). The molecule has 0 aliphatic carbocycles. The van der Waals surface area contributed by atoms with Crippen LogP contribution in [0.15, 0.2) is 41.4 Å². The Morgan fingerprint density at radius 1 is 1.12 bits per heavy atom. The molecule has 0 heterocycles. The highest BCUT2D eigenvalue weighted by atomic mass is 19.1. The first-order valence-electron chi connectivity index (χ1n) is 7.88. The van der Waals surface area contributed by atoms with Gasteiger partial charge >= 0.3 is 0 Å². The number of nitrogens with one attached hydrogen (secondary N) is 2. The number of hydrogen-bond acceptors (Lipinski definition) is 2. The summed E-state index contributed by atoms with van der Waals surface area (Å²) >= 11 is 0. The fourth-order valence-electron chi connectivity index (χ4n) is 2.27. The van der Waals surface area contributed by atoms with Crippen molar-refractivity contribution in [2.45, 2.75) is 26.4 Å². The van der Waals surface area contributed by atoms with Crippen molar-refractivity contribution in [3.8, 4) is 5.75 Å². The highest BCUT2D eigenvalue weighted by Gasteiger charge is 2.13. The second kappa shape index (κ2) is 8.41. The topological polar surface area (TPSA) is 56.7 Å². The number of hydrogen-bond donors (Lipinski definition) is 3. The van der Waals surface area contributed by atoms with E-state index in [-0.39, 0.29) is 6.54 Å². The van der Waals surface area contributed by atoms with Gasteiger partial charge in [0, 0.05) is 18.2 Å². The first-order chi connectivity index (χ1) is 11.9. The number of aliphatic imine (C=N–C) groups is 1. The van der Waals surface area contributed by atoms with E-state index in [1.165, 1.54) is 24.3 Å². The number of aromatic hydroxyl groups is 1. The van der Waals surface area contributed by atoms with Crippen molar-refractivity contribution >= 4 is 5.96 Å². The van der Waals surface area contributed by atoms with E-state index in [1.54, 1.807) is 13.0 Å². The largest absolute Gasteiger partial charge is 0.505 e. The van der Waals surface area contributed by atoms with Crippen LogP contribution in [0.1, 0.15) is 31.0 Å². The van der Waals surface area contributed by atoms with Crippen LogP contribution in [-0.4, -0.2) is 17.6 Å². The standard InChI is InChI=1S/C18H20F3N3O/c1-3-22-18(23-10-12-4-7-17(25)16(21)8-12)24-11(2)14-6-5-13(19)9-15(14)20/h4-9,11,25H,3,10H2,1-2H3,(H2,22,23,24). The van der Waals surface area contributed by atoms with Crippen molar-refractivity contribution < 1.29 is 18.3 Å². The molecule has 0 fully saturated rings. The van der Waals surface area contributed by atoms with Gasteiger partial charge < -0.3 is 15.7 Å². The predicted octanol–water partition coefficient (Wildman–Crippen LogP) is 3.63. The van der Waals surface area contributed by atoms with Gasteiger partial charge in [-0.05, 0) is 37.6 Å². The maximum absolute atomic E-state index is 13.9. The number of rotatable bonds is 5. The molecule has 2 aromatic carbocycles. The molecule has 1 unspecified atom stereocenters. The van der Waals surface area contributed by atoms with Gasteiger partial charge in [0.15, 0.2) is 17.5 Å². The van der Waals surface area contributed by atoms with E-state index in [9.17, 15) is 18.3 Å². The Hall–Kier alpha value is -2.70. The molecule has 25 heavy (non-hydrogen) atoms. The molecule has 0 amide bonds. The number of phenolic OH excluding ortho intramolecular Hbond substituents is 1. The molecule has 0 saturated heterocycles. The van der Waals surface area contributed by atoms with Gasteiger partial charge in [-0.15, -0.1) is 0 Å². The summed E-state index contributed by atoms with van der Waals surface area (Å²) in [6.45, 7) is 4.35. The summed E-state index contributed by atoms with van der Waals surface area (Å²) in [6, 6.07) is 6.98. The Bertz CT molecular complexity index is 765. The average Bonchev–Trinajstić information content (AvgIpc) is 2.55. The third-order valence-corrected chi connectivity index (χ3v) is 3.56. The van der Waals surface area contributed by atoms with Crippen LogP contribution in [0.25, 0.3) is 0 Å². The van der Waals surface area contributed by atoms with Gasteiger partial charge in [0.2, 0.25) is 0 Å². The van der Waals surface area contributed by atoms with Crippen LogP contribution in [0.5, 0.6) is 5.75 Å². The first kappa shape index (κ1) is 18.6. The molecule has 0 saturated carbocycles. The van der Waals surface area contributed by atoms with E-state index < -0.39 is 29.2 Å². The second-order valence-corrected chi connectivity index (χ2v) is 5.51. The summed E-state index contributed by atoms with van der Waals surface area (Å²) in [5.41, 5.74) is 0.885. The molecule has 0 radical (unpaired) electrons. The summed E-state index contributed by atoms with van der Waals surface area (Å²) in [4.78, 5) is 4.32. The normalized spacial score (nSPS) is 12.8. The Balaban J connectivity index is 2.12. The molecular formula is C18H20F3N3O. The zero-order valence-corrected chi connectivity index (χ0v) is 14.0. The second-order valence-electron chi connectivity index (χ2n) is 5.51. The summed E-state index contributed by atoms with van der Waals surface area (Å²) in [5, 5.41) is 15.2. The Morgan fingerprint density at radius 2 is 1.88 bits per heavy atom. The maximum Gasteiger partial charge on any atom is 0.192 e. The molecule has 1 atom stereocenters. The predicted molar refractivity (Wildman–Crippen MR) is 90.8 cm³/mol. The number of halogens is 3. The number of phenols is 1. The Kier molecular flexibility index (Phi) is 6.27. The number of guanidine groups is 1. The number of benzene rings is 2. The minimum absolute atomic E-state index is 0.172. The zero-order chi connectivity index (χ0) is 18.4. The average molecular weight is 351 g/mol. The minimum atomic E-state index is -0.715. The van der Waals surface area contributed by atoms with Crippen LogP contribution in [0.2, 0.25) is 0 Å². The molecule has 4 nitrogen and oxygen atoms in total. The van der Waals surface area contributed by atoms with Crippen LogP contribution < -0.4 is 10.6 Å². The molecule has 0 bridgehead atoms. The van der Waals surface area contributed by atoms with Gasteiger partial charge in [-0.2, -0.15) is 0 Å². The fraction of sp³-hybridized carbons (Fsp3) is 0.278. The zero-order valence-electron chi connectivity index (χ0n) is 14.0. The Morgan fingerprint density at radius 3 is 2.52 bits per heavy atom. The van der Waals surface area contributed by atoms with Crippen LogP contribution in [0.4, 0.5) is 13.2 Å². The summed E-state index contributed by atoms with van der Waals surface area (Å²) in [6.07, 6.45) is 0. The number of nitrogens with zero attached hydrogens (tertiary/aromatic N) is 1. The van der Waals surface area contributed by atoms with Crippen LogP contribution in [0, 0.1) is 17.5 Å². The molecule has 0 aliphatic heterocycles. The lowest BCUT2D eigenvalue weighted by atomic mass is 10.1. The summed E-state index contributed by atoms with van der Waals surface area (Å²) in [5.74, 6) is -2.00. The van der Waals surface area contributed by atoms with E-state index in [2.05, 4.69) is 15.6 Å². The lowest BCUT2D eigenvalue weighted by molar-refractivity contribution is 0.432. The first-order valence-corrected chi connectivity index (χ1v) is 7.88. The van der Waals surface area contributed by atoms with Gasteiger partial charge in [0.05, 0.1) is 12.6 Å². The monoisotopic (exact) mass is 351 g/mol. The molecule has 0 spiro atoms. The third kappa shape index (κ3) is 5.14. The summed E-state index contributed by atoms with van der Waals surface area (Å²) in [7, 11) is 0. The van der Waals surface area contributed by atoms with Crippen molar-refractivity contribution in [1.29, 1.82) is 0 Å². The van der Waals surface area contributed by atoms with E-state index in [0.717, 1.165) is 6.07 Å². The highest BCUT2D eigenvalue weighted by molar-refractivity contribution is 5.80. The van der Waals surface area contributed by atoms with Crippen LogP contribution in [-0.2, 0) is 6.54 Å². The molecule has 0 aromatic heterocycles. The van der Waals surface area contributed by atoms with Gasteiger partial charge in [0.25, 0.3) is 0 Å². The minimum Gasteiger partial charge on any atom is -0.505 e. The lowest BCUT2D eigenvalue weighted by Gasteiger charge is -2.18. The SMILES string of the molecule is CCNC(=NCc1ccc(O)c(F)c1)NC(C)c1ccc(F)cc1F. The van der Waals surface area contributed by atoms with Crippen molar-refractivity contribution in [3.05, 3.63) is 65.0 Å². The van der Waals surface area contributed by atoms with E-state index >= 15 is 0 Å². The van der Waals surface area contributed by atoms with E-state index in [4.69, 9.17) is 0 Å².